The first-order valence-electron chi connectivity index (χ1n) is 7.07. The zero-order valence-electron chi connectivity index (χ0n) is 11.9. The van der Waals surface area contributed by atoms with Gasteiger partial charge in [-0.25, -0.2) is 0 Å². The standard InChI is InChI=1S/C17H18ClN3/c1-12(13-7-3-2-4-8-13)16-11-20-17(19)21(16)15-10-6-5-9-14(15)18/h2-10,12,16H,11H2,1H3,(H2,19,20). The summed E-state index contributed by atoms with van der Waals surface area (Å²) in [5.74, 6) is 0.850. The molecule has 108 valence electrons. The molecule has 2 aromatic rings. The predicted molar refractivity (Wildman–Crippen MR) is 89.1 cm³/mol. The molecule has 0 fully saturated rings. The van der Waals surface area contributed by atoms with E-state index in [0.29, 0.717) is 23.4 Å². The molecule has 1 heterocycles. The lowest BCUT2D eigenvalue weighted by atomic mass is 9.92. The molecule has 3 nitrogen and oxygen atoms in total. The molecular formula is C17H18ClN3. The Bertz CT molecular complexity index is 654. The summed E-state index contributed by atoms with van der Waals surface area (Å²) in [4.78, 5) is 6.48. The molecule has 2 atom stereocenters. The van der Waals surface area contributed by atoms with E-state index < -0.39 is 0 Å². The minimum Gasteiger partial charge on any atom is -0.370 e. The molecule has 4 heteroatoms. The van der Waals surface area contributed by atoms with Crippen molar-refractivity contribution < 1.29 is 0 Å². The number of hydrogen-bond donors (Lipinski definition) is 1. The molecule has 0 radical (unpaired) electrons. The summed E-state index contributed by atoms with van der Waals surface area (Å²) >= 11 is 6.33. The Hall–Kier alpha value is -2.00. The molecular weight excluding hydrogens is 282 g/mol. The molecule has 0 saturated heterocycles. The molecule has 3 rings (SSSR count). The van der Waals surface area contributed by atoms with Crippen LogP contribution in [-0.2, 0) is 0 Å². The number of halogens is 1. The van der Waals surface area contributed by atoms with Crippen LogP contribution < -0.4 is 10.6 Å². The Morgan fingerprint density at radius 2 is 1.81 bits per heavy atom. The summed E-state index contributed by atoms with van der Waals surface area (Å²) in [6, 6.07) is 18.4. The van der Waals surface area contributed by atoms with Crippen LogP contribution in [0.1, 0.15) is 18.4 Å². The molecule has 0 saturated carbocycles. The van der Waals surface area contributed by atoms with E-state index in [4.69, 9.17) is 17.3 Å². The maximum atomic E-state index is 6.33. The highest BCUT2D eigenvalue weighted by atomic mass is 35.5. The molecule has 0 bridgehead atoms. The third-order valence-electron chi connectivity index (χ3n) is 4.03. The summed E-state index contributed by atoms with van der Waals surface area (Å²) < 4.78 is 0. The van der Waals surface area contributed by atoms with Crippen LogP contribution in [0.4, 0.5) is 5.69 Å². The Morgan fingerprint density at radius 3 is 2.52 bits per heavy atom. The molecule has 1 aliphatic rings. The van der Waals surface area contributed by atoms with Gasteiger partial charge in [-0.05, 0) is 17.7 Å². The molecule has 0 aliphatic carbocycles. The van der Waals surface area contributed by atoms with Gasteiger partial charge in [0.1, 0.15) is 0 Å². The maximum Gasteiger partial charge on any atom is 0.196 e. The summed E-state index contributed by atoms with van der Waals surface area (Å²) in [6.07, 6.45) is 0. The van der Waals surface area contributed by atoms with Gasteiger partial charge in [0.25, 0.3) is 0 Å². The van der Waals surface area contributed by atoms with Crippen molar-refractivity contribution in [3.63, 3.8) is 0 Å². The second kappa shape index (κ2) is 5.78. The van der Waals surface area contributed by atoms with Crippen molar-refractivity contribution in [1.29, 1.82) is 0 Å². The Morgan fingerprint density at radius 1 is 1.14 bits per heavy atom. The average Bonchev–Trinajstić information content (AvgIpc) is 2.89. The topological polar surface area (TPSA) is 41.6 Å². The third kappa shape index (κ3) is 2.61. The second-order valence-electron chi connectivity index (χ2n) is 5.29. The van der Waals surface area contributed by atoms with E-state index in [2.05, 4.69) is 41.1 Å². The largest absolute Gasteiger partial charge is 0.370 e. The van der Waals surface area contributed by atoms with Crippen molar-refractivity contribution in [3.8, 4) is 0 Å². The van der Waals surface area contributed by atoms with Crippen LogP contribution in [0.3, 0.4) is 0 Å². The number of para-hydroxylation sites is 1. The van der Waals surface area contributed by atoms with E-state index in [9.17, 15) is 0 Å². The zero-order valence-corrected chi connectivity index (χ0v) is 12.7. The normalized spacial score (nSPS) is 19.4. The molecule has 2 unspecified atom stereocenters. The van der Waals surface area contributed by atoms with E-state index in [0.717, 1.165) is 5.69 Å². The van der Waals surface area contributed by atoms with Crippen molar-refractivity contribution in [2.75, 3.05) is 11.4 Å². The fraction of sp³-hybridized carbons (Fsp3) is 0.235. The number of nitrogens with two attached hydrogens (primary N) is 1. The van der Waals surface area contributed by atoms with Crippen LogP contribution in [-0.4, -0.2) is 18.5 Å². The van der Waals surface area contributed by atoms with Gasteiger partial charge in [-0.2, -0.15) is 0 Å². The molecule has 0 spiro atoms. The van der Waals surface area contributed by atoms with Gasteiger partial charge in [-0.15, -0.1) is 0 Å². The van der Waals surface area contributed by atoms with Gasteiger partial charge in [0, 0.05) is 5.92 Å². The van der Waals surface area contributed by atoms with Gasteiger partial charge in [0.2, 0.25) is 0 Å². The van der Waals surface area contributed by atoms with Gasteiger partial charge in [0.05, 0.1) is 23.3 Å². The smallest absolute Gasteiger partial charge is 0.196 e. The SMILES string of the molecule is CC(c1ccccc1)C1CN=C(N)N1c1ccccc1Cl. The first-order chi connectivity index (χ1) is 10.2. The minimum atomic E-state index is 0.187. The monoisotopic (exact) mass is 299 g/mol. The van der Waals surface area contributed by atoms with Gasteiger partial charge < -0.3 is 10.6 Å². The molecule has 2 aromatic carbocycles. The highest BCUT2D eigenvalue weighted by Crippen LogP contribution is 2.34. The van der Waals surface area contributed by atoms with Crippen LogP contribution in [0.5, 0.6) is 0 Å². The fourth-order valence-electron chi connectivity index (χ4n) is 2.82. The number of hydrogen-bond acceptors (Lipinski definition) is 3. The summed E-state index contributed by atoms with van der Waals surface area (Å²) in [6.45, 7) is 2.89. The summed E-state index contributed by atoms with van der Waals surface area (Å²) in [5.41, 5.74) is 8.31. The molecule has 0 amide bonds. The Labute approximate surface area is 130 Å². The van der Waals surface area contributed by atoms with E-state index in [1.165, 1.54) is 5.56 Å². The zero-order chi connectivity index (χ0) is 14.8. The Kier molecular flexibility index (Phi) is 3.84. The number of anilines is 1. The second-order valence-corrected chi connectivity index (χ2v) is 5.69. The van der Waals surface area contributed by atoms with Crippen molar-refractivity contribution in [2.45, 2.75) is 18.9 Å². The number of aliphatic imine (C=N–C) groups is 1. The van der Waals surface area contributed by atoms with E-state index >= 15 is 0 Å². The van der Waals surface area contributed by atoms with Crippen molar-refractivity contribution in [3.05, 3.63) is 65.2 Å². The van der Waals surface area contributed by atoms with E-state index in [1.54, 1.807) is 0 Å². The highest BCUT2D eigenvalue weighted by molar-refractivity contribution is 6.33. The van der Waals surface area contributed by atoms with Crippen LogP contribution in [0.25, 0.3) is 0 Å². The lowest BCUT2D eigenvalue weighted by Crippen LogP contribution is -2.43. The van der Waals surface area contributed by atoms with Crippen LogP contribution >= 0.6 is 11.6 Å². The molecule has 21 heavy (non-hydrogen) atoms. The maximum absolute atomic E-state index is 6.33. The minimum absolute atomic E-state index is 0.187. The quantitative estimate of drug-likeness (QED) is 0.940. The fourth-order valence-corrected chi connectivity index (χ4v) is 3.05. The lowest BCUT2D eigenvalue weighted by Gasteiger charge is -2.31. The molecule has 2 N–H and O–H groups in total. The predicted octanol–water partition coefficient (Wildman–Crippen LogP) is 3.65. The number of nitrogens with zero attached hydrogens (tertiary/aromatic N) is 2. The number of benzene rings is 2. The van der Waals surface area contributed by atoms with Crippen LogP contribution in [0, 0.1) is 0 Å². The first-order valence-corrected chi connectivity index (χ1v) is 7.45. The summed E-state index contributed by atoms with van der Waals surface area (Å²) in [7, 11) is 0. The first kappa shape index (κ1) is 14.0. The van der Waals surface area contributed by atoms with Gasteiger partial charge in [-0.3, -0.25) is 4.99 Å². The lowest BCUT2D eigenvalue weighted by molar-refractivity contribution is 0.595. The van der Waals surface area contributed by atoms with Crippen LogP contribution in [0.15, 0.2) is 59.6 Å². The molecule has 0 aromatic heterocycles. The van der Waals surface area contributed by atoms with Gasteiger partial charge in [-0.1, -0.05) is 61.0 Å². The highest BCUT2D eigenvalue weighted by Gasteiger charge is 2.33. The summed E-state index contributed by atoms with van der Waals surface area (Å²) in [5, 5.41) is 0.697. The Balaban J connectivity index is 1.95. The number of guanidine groups is 1. The van der Waals surface area contributed by atoms with E-state index in [1.807, 2.05) is 30.3 Å². The third-order valence-corrected chi connectivity index (χ3v) is 4.35. The van der Waals surface area contributed by atoms with Crippen LogP contribution in [0.2, 0.25) is 5.02 Å². The van der Waals surface area contributed by atoms with Crippen molar-refractivity contribution in [1.82, 2.24) is 0 Å². The van der Waals surface area contributed by atoms with E-state index in [-0.39, 0.29) is 6.04 Å². The van der Waals surface area contributed by atoms with Gasteiger partial charge >= 0.3 is 0 Å². The van der Waals surface area contributed by atoms with Gasteiger partial charge in [0.15, 0.2) is 5.96 Å². The van der Waals surface area contributed by atoms with Crippen molar-refractivity contribution in [2.24, 2.45) is 10.7 Å². The molecule has 1 aliphatic heterocycles. The number of rotatable bonds is 3. The van der Waals surface area contributed by atoms with Crippen molar-refractivity contribution >= 4 is 23.2 Å². The average molecular weight is 300 g/mol.